The maximum absolute atomic E-state index is 12.7. The van der Waals surface area contributed by atoms with E-state index in [0.29, 0.717) is 0 Å². The van der Waals surface area contributed by atoms with Gasteiger partial charge in [0.2, 0.25) is 5.91 Å². The van der Waals surface area contributed by atoms with Gasteiger partial charge in [-0.3, -0.25) is 4.79 Å². The Bertz CT molecular complexity index is 488. The topological polar surface area (TPSA) is 44.4 Å². The second-order valence-electron chi connectivity index (χ2n) is 5.46. The van der Waals surface area contributed by atoms with Gasteiger partial charge in [-0.25, -0.2) is 0 Å². The van der Waals surface area contributed by atoms with Crippen molar-refractivity contribution >= 4 is 17.5 Å². The highest BCUT2D eigenvalue weighted by molar-refractivity contribution is 6.31. The first-order valence-corrected chi connectivity index (χ1v) is 7.61. The summed E-state index contributed by atoms with van der Waals surface area (Å²) in [5.74, 6) is 0.388. The Labute approximate surface area is 124 Å². The van der Waals surface area contributed by atoms with Gasteiger partial charge in [-0.15, -0.1) is 0 Å². The monoisotopic (exact) mass is 293 g/mol. The van der Waals surface area contributed by atoms with Crippen LogP contribution in [0.1, 0.15) is 18.0 Å². The molecule has 2 aliphatic rings. The summed E-state index contributed by atoms with van der Waals surface area (Å²) in [6.45, 7) is 4.13. The average Bonchev–Trinajstić information content (AvgIpc) is 3.01. The van der Waals surface area contributed by atoms with Crippen molar-refractivity contribution in [2.45, 2.75) is 12.5 Å². The Balaban J connectivity index is 1.83. The van der Waals surface area contributed by atoms with E-state index in [-0.39, 0.29) is 17.9 Å². The summed E-state index contributed by atoms with van der Waals surface area (Å²) in [6.07, 6.45) is 0.942. The highest BCUT2D eigenvalue weighted by atomic mass is 35.5. The molecule has 1 unspecified atom stereocenters. The van der Waals surface area contributed by atoms with E-state index in [9.17, 15) is 4.79 Å². The van der Waals surface area contributed by atoms with Crippen LogP contribution in [0, 0.1) is 5.92 Å². The summed E-state index contributed by atoms with van der Waals surface area (Å²) in [7, 11) is 0. The van der Waals surface area contributed by atoms with Crippen LogP contribution < -0.4 is 10.6 Å². The number of carbonyl (C=O) groups excluding carboxylic acids is 1. The third-order valence-electron chi connectivity index (χ3n) is 4.20. The Hall–Kier alpha value is -1.10. The molecule has 0 bridgehead atoms. The number of benzene rings is 1. The minimum atomic E-state index is 0.0468. The van der Waals surface area contributed by atoms with Crippen LogP contribution in [0.15, 0.2) is 24.3 Å². The number of carbonyl (C=O) groups is 1. The maximum Gasteiger partial charge on any atom is 0.227 e. The average molecular weight is 294 g/mol. The van der Waals surface area contributed by atoms with Crippen LogP contribution in [0.25, 0.3) is 0 Å². The number of rotatable bonds is 2. The lowest BCUT2D eigenvalue weighted by atomic mass is 9.99. The lowest BCUT2D eigenvalue weighted by Gasteiger charge is -2.38. The lowest BCUT2D eigenvalue weighted by Crippen LogP contribution is -2.50. The van der Waals surface area contributed by atoms with E-state index in [4.69, 9.17) is 11.6 Å². The zero-order valence-corrected chi connectivity index (χ0v) is 12.2. The number of amides is 1. The molecule has 108 valence electrons. The highest BCUT2D eigenvalue weighted by Gasteiger charge is 2.34. The molecule has 0 aromatic heterocycles. The van der Waals surface area contributed by atoms with Crippen LogP contribution in [0.2, 0.25) is 5.02 Å². The number of nitrogens with one attached hydrogen (secondary N) is 2. The van der Waals surface area contributed by atoms with E-state index in [2.05, 4.69) is 10.6 Å². The number of hydrogen-bond donors (Lipinski definition) is 2. The van der Waals surface area contributed by atoms with Crippen LogP contribution in [-0.2, 0) is 4.79 Å². The first kappa shape index (κ1) is 13.9. The summed E-state index contributed by atoms with van der Waals surface area (Å²) in [4.78, 5) is 14.7. The molecule has 2 saturated heterocycles. The Kier molecular flexibility index (Phi) is 4.24. The smallest absolute Gasteiger partial charge is 0.227 e. The summed E-state index contributed by atoms with van der Waals surface area (Å²) in [5.41, 5.74) is 1.04. The third kappa shape index (κ3) is 2.68. The molecule has 5 heteroatoms. The highest BCUT2D eigenvalue weighted by Crippen LogP contribution is 2.30. The number of halogens is 1. The normalized spacial score (nSPS) is 26.8. The minimum absolute atomic E-state index is 0.0468. The second kappa shape index (κ2) is 6.12. The molecule has 2 fully saturated rings. The summed E-state index contributed by atoms with van der Waals surface area (Å²) in [5, 5.41) is 7.38. The van der Waals surface area contributed by atoms with Gasteiger partial charge in [-0.2, -0.15) is 0 Å². The van der Waals surface area contributed by atoms with Gasteiger partial charge in [0.1, 0.15) is 0 Å². The Morgan fingerprint density at radius 2 is 2.00 bits per heavy atom. The molecule has 1 aromatic rings. The van der Waals surface area contributed by atoms with E-state index in [1.54, 1.807) is 0 Å². The maximum atomic E-state index is 12.7. The van der Waals surface area contributed by atoms with E-state index >= 15 is 0 Å². The Morgan fingerprint density at radius 3 is 2.75 bits per heavy atom. The van der Waals surface area contributed by atoms with Crippen molar-refractivity contribution in [2.24, 2.45) is 5.92 Å². The van der Waals surface area contributed by atoms with Gasteiger partial charge in [0.25, 0.3) is 0 Å². The van der Waals surface area contributed by atoms with Crippen LogP contribution in [0.5, 0.6) is 0 Å². The van der Waals surface area contributed by atoms with E-state index < -0.39 is 0 Å². The van der Waals surface area contributed by atoms with Crippen LogP contribution in [0.3, 0.4) is 0 Å². The van der Waals surface area contributed by atoms with Crippen molar-refractivity contribution < 1.29 is 4.79 Å². The summed E-state index contributed by atoms with van der Waals surface area (Å²) >= 11 is 6.31. The second-order valence-corrected chi connectivity index (χ2v) is 5.87. The minimum Gasteiger partial charge on any atom is -0.333 e. The molecule has 3 rings (SSSR count). The quantitative estimate of drug-likeness (QED) is 0.867. The van der Waals surface area contributed by atoms with Gasteiger partial charge in [-0.1, -0.05) is 29.8 Å². The van der Waals surface area contributed by atoms with E-state index in [0.717, 1.165) is 49.7 Å². The SMILES string of the molecule is O=C([C@@H]1CCNC1)N1CCNCC1c1ccccc1Cl. The molecule has 2 heterocycles. The molecule has 2 atom stereocenters. The summed E-state index contributed by atoms with van der Waals surface area (Å²) in [6, 6.07) is 7.87. The predicted octanol–water partition coefficient (Wildman–Crippen LogP) is 1.42. The van der Waals surface area contributed by atoms with Gasteiger partial charge >= 0.3 is 0 Å². The van der Waals surface area contributed by atoms with Crippen molar-refractivity contribution in [3.05, 3.63) is 34.9 Å². The zero-order valence-electron chi connectivity index (χ0n) is 11.4. The molecule has 1 amide bonds. The van der Waals surface area contributed by atoms with Gasteiger partial charge in [0.05, 0.1) is 12.0 Å². The standard InChI is InChI=1S/C15H20ClN3O/c16-13-4-2-1-3-12(13)14-10-18-7-8-19(14)15(20)11-5-6-17-9-11/h1-4,11,14,17-18H,5-10H2/t11-,14?/m1/s1. The fraction of sp³-hybridized carbons (Fsp3) is 0.533. The van der Waals surface area contributed by atoms with Gasteiger partial charge < -0.3 is 15.5 Å². The number of hydrogen-bond acceptors (Lipinski definition) is 3. The third-order valence-corrected chi connectivity index (χ3v) is 4.54. The fourth-order valence-electron chi connectivity index (χ4n) is 3.09. The molecule has 20 heavy (non-hydrogen) atoms. The van der Waals surface area contributed by atoms with Gasteiger partial charge in [-0.05, 0) is 24.6 Å². The molecular formula is C15H20ClN3O. The first-order chi connectivity index (χ1) is 9.77. The molecule has 4 nitrogen and oxygen atoms in total. The van der Waals surface area contributed by atoms with Crippen molar-refractivity contribution in [1.29, 1.82) is 0 Å². The van der Waals surface area contributed by atoms with Gasteiger partial charge in [0, 0.05) is 31.2 Å². The lowest BCUT2D eigenvalue weighted by molar-refractivity contribution is -0.138. The fourth-order valence-corrected chi connectivity index (χ4v) is 3.35. The molecule has 2 aliphatic heterocycles. The molecule has 0 radical (unpaired) electrons. The first-order valence-electron chi connectivity index (χ1n) is 7.23. The molecule has 1 aromatic carbocycles. The molecular weight excluding hydrogens is 274 g/mol. The van der Waals surface area contributed by atoms with Crippen molar-refractivity contribution in [2.75, 3.05) is 32.7 Å². The number of nitrogens with zero attached hydrogens (tertiary/aromatic N) is 1. The van der Waals surface area contributed by atoms with Crippen molar-refractivity contribution in [3.8, 4) is 0 Å². The molecule has 0 aliphatic carbocycles. The van der Waals surface area contributed by atoms with Crippen LogP contribution in [0.4, 0.5) is 0 Å². The van der Waals surface area contributed by atoms with E-state index in [1.165, 1.54) is 0 Å². The predicted molar refractivity (Wildman–Crippen MR) is 79.8 cm³/mol. The van der Waals surface area contributed by atoms with Gasteiger partial charge in [0.15, 0.2) is 0 Å². The molecule has 2 N–H and O–H groups in total. The van der Waals surface area contributed by atoms with Crippen LogP contribution in [-0.4, -0.2) is 43.5 Å². The van der Waals surface area contributed by atoms with Crippen molar-refractivity contribution in [3.63, 3.8) is 0 Å². The number of piperazine rings is 1. The zero-order chi connectivity index (χ0) is 13.9. The van der Waals surface area contributed by atoms with E-state index in [1.807, 2.05) is 29.2 Å². The largest absolute Gasteiger partial charge is 0.333 e. The Morgan fingerprint density at radius 1 is 1.20 bits per heavy atom. The molecule has 0 saturated carbocycles. The summed E-state index contributed by atoms with van der Waals surface area (Å²) < 4.78 is 0. The van der Waals surface area contributed by atoms with Crippen molar-refractivity contribution in [1.82, 2.24) is 15.5 Å². The molecule has 0 spiro atoms. The van der Waals surface area contributed by atoms with Crippen LogP contribution >= 0.6 is 11.6 Å².